The second kappa shape index (κ2) is 3.62. The maximum absolute atomic E-state index is 10.9. The molecule has 0 amide bonds. The molecule has 0 radical (unpaired) electrons. The number of aldehydes is 1. The quantitative estimate of drug-likeness (QED) is 0.734. The fourth-order valence-corrected chi connectivity index (χ4v) is 1.70. The third kappa shape index (κ3) is 1.51. The van der Waals surface area contributed by atoms with E-state index < -0.39 is 0 Å². The van der Waals surface area contributed by atoms with Gasteiger partial charge >= 0.3 is 0 Å². The normalized spacial score (nSPS) is 11.2. The van der Waals surface area contributed by atoms with E-state index in [0.29, 0.717) is 16.4 Å². The van der Waals surface area contributed by atoms with Crippen molar-refractivity contribution in [3.8, 4) is 0 Å². The van der Waals surface area contributed by atoms with Crippen LogP contribution >= 0.6 is 11.6 Å². The van der Waals surface area contributed by atoms with Crippen LogP contribution in [0.5, 0.6) is 0 Å². The van der Waals surface area contributed by atoms with Gasteiger partial charge in [0, 0.05) is 5.92 Å². The summed E-state index contributed by atoms with van der Waals surface area (Å²) in [5, 5.41) is 0.361. The molecule has 0 spiro atoms. The monoisotopic (exact) mass is 223 g/mol. The minimum Gasteiger partial charge on any atom is -0.296 e. The van der Waals surface area contributed by atoms with E-state index in [2.05, 4.69) is 9.97 Å². The number of hydrogen-bond donors (Lipinski definition) is 0. The van der Waals surface area contributed by atoms with Crippen LogP contribution in [0.2, 0.25) is 5.15 Å². The molecule has 0 aromatic carbocycles. The van der Waals surface area contributed by atoms with Gasteiger partial charge in [-0.1, -0.05) is 25.4 Å². The molecule has 0 bridgehead atoms. The van der Waals surface area contributed by atoms with Crippen LogP contribution in [-0.2, 0) is 0 Å². The van der Waals surface area contributed by atoms with Crippen molar-refractivity contribution in [1.29, 1.82) is 0 Å². The number of hydrogen-bond acceptors (Lipinski definition) is 3. The molecule has 0 saturated heterocycles. The van der Waals surface area contributed by atoms with Gasteiger partial charge in [-0.05, 0) is 0 Å². The first-order valence-electron chi connectivity index (χ1n) is 4.62. The summed E-state index contributed by atoms with van der Waals surface area (Å²) in [5.41, 5.74) is 1.14. The second-order valence-corrected chi connectivity index (χ2v) is 3.94. The summed E-state index contributed by atoms with van der Waals surface area (Å²) < 4.78 is 1.74. The molecule has 2 aromatic rings. The van der Waals surface area contributed by atoms with Gasteiger partial charge in [0.1, 0.15) is 17.0 Å². The van der Waals surface area contributed by atoms with Crippen LogP contribution < -0.4 is 0 Å². The molecule has 0 atom stereocenters. The Morgan fingerprint density at radius 1 is 1.40 bits per heavy atom. The number of imidazole rings is 1. The Bertz CT molecular complexity index is 519. The zero-order valence-corrected chi connectivity index (χ0v) is 9.19. The SMILES string of the molecule is CC(C)c1ncc2c(Cl)ncc(C=O)n12. The summed E-state index contributed by atoms with van der Waals surface area (Å²) in [6.45, 7) is 4.02. The Balaban J connectivity index is 2.86. The van der Waals surface area contributed by atoms with E-state index in [9.17, 15) is 4.79 Å². The molecule has 78 valence electrons. The molecule has 0 aliphatic carbocycles. The van der Waals surface area contributed by atoms with Crippen molar-refractivity contribution < 1.29 is 4.79 Å². The Hall–Kier alpha value is -1.42. The van der Waals surface area contributed by atoms with Crippen LogP contribution in [0.25, 0.3) is 5.52 Å². The topological polar surface area (TPSA) is 47.3 Å². The molecule has 2 aromatic heterocycles. The molecule has 0 saturated carbocycles. The van der Waals surface area contributed by atoms with E-state index in [-0.39, 0.29) is 5.92 Å². The van der Waals surface area contributed by atoms with E-state index in [1.807, 2.05) is 13.8 Å². The van der Waals surface area contributed by atoms with Crippen molar-refractivity contribution in [3.05, 3.63) is 29.1 Å². The molecular weight excluding hydrogens is 214 g/mol. The summed E-state index contributed by atoms with van der Waals surface area (Å²) in [7, 11) is 0. The molecule has 0 N–H and O–H groups in total. The summed E-state index contributed by atoms with van der Waals surface area (Å²) in [6, 6.07) is 0. The number of carbonyl (C=O) groups is 1. The first-order chi connectivity index (χ1) is 7.15. The lowest BCUT2D eigenvalue weighted by Gasteiger charge is -2.06. The maximum Gasteiger partial charge on any atom is 0.168 e. The van der Waals surface area contributed by atoms with E-state index in [1.54, 1.807) is 10.6 Å². The minimum absolute atomic E-state index is 0.227. The summed E-state index contributed by atoms with van der Waals surface area (Å²) in [5.74, 6) is 1.04. The molecule has 2 heterocycles. The van der Waals surface area contributed by atoms with Gasteiger partial charge in [0.05, 0.1) is 12.4 Å². The van der Waals surface area contributed by atoms with Crippen molar-refractivity contribution in [2.24, 2.45) is 0 Å². The van der Waals surface area contributed by atoms with Gasteiger partial charge in [-0.3, -0.25) is 9.20 Å². The van der Waals surface area contributed by atoms with Crippen molar-refractivity contribution in [2.75, 3.05) is 0 Å². The van der Waals surface area contributed by atoms with Gasteiger partial charge in [-0.2, -0.15) is 0 Å². The van der Waals surface area contributed by atoms with Crippen molar-refractivity contribution >= 4 is 23.4 Å². The molecule has 15 heavy (non-hydrogen) atoms. The Kier molecular flexibility index (Phi) is 2.44. The average Bonchev–Trinajstić information content (AvgIpc) is 2.64. The molecular formula is C10H10ClN3O. The maximum atomic E-state index is 10.9. The van der Waals surface area contributed by atoms with Gasteiger partial charge in [0.2, 0.25) is 0 Å². The molecule has 0 fully saturated rings. The summed E-state index contributed by atoms with van der Waals surface area (Å²) in [4.78, 5) is 19.0. The standard InChI is InChI=1S/C10H10ClN3O/c1-6(2)10-13-4-8-9(11)12-3-7(5-15)14(8)10/h3-6H,1-2H3. The highest BCUT2D eigenvalue weighted by Crippen LogP contribution is 2.21. The molecule has 5 heteroatoms. The van der Waals surface area contributed by atoms with E-state index in [4.69, 9.17) is 11.6 Å². The molecule has 0 aliphatic heterocycles. The summed E-state index contributed by atoms with van der Waals surface area (Å²) >= 11 is 5.92. The largest absolute Gasteiger partial charge is 0.296 e. The Morgan fingerprint density at radius 2 is 2.13 bits per heavy atom. The number of rotatable bonds is 2. The molecule has 2 rings (SSSR count). The first-order valence-corrected chi connectivity index (χ1v) is 5.00. The number of nitrogens with zero attached hydrogens (tertiary/aromatic N) is 3. The van der Waals surface area contributed by atoms with Gasteiger partial charge < -0.3 is 0 Å². The number of halogens is 1. The predicted molar refractivity (Wildman–Crippen MR) is 57.5 cm³/mol. The number of carbonyl (C=O) groups excluding carboxylic acids is 1. The number of aromatic nitrogens is 3. The zero-order chi connectivity index (χ0) is 11.0. The highest BCUT2D eigenvalue weighted by atomic mass is 35.5. The Labute approximate surface area is 91.9 Å². The van der Waals surface area contributed by atoms with Gasteiger partial charge in [0.15, 0.2) is 11.4 Å². The van der Waals surface area contributed by atoms with E-state index in [0.717, 1.165) is 12.1 Å². The fraction of sp³-hybridized carbons (Fsp3) is 0.300. The Morgan fingerprint density at radius 3 is 2.73 bits per heavy atom. The second-order valence-electron chi connectivity index (χ2n) is 3.58. The van der Waals surface area contributed by atoms with Gasteiger partial charge in [-0.25, -0.2) is 9.97 Å². The van der Waals surface area contributed by atoms with Gasteiger partial charge in [0.25, 0.3) is 0 Å². The first kappa shape index (κ1) is 10.1. The lowest BCUT2D eigenvalue weighted by Crippen LogP contribution is -2.03. The smallest absolute Gasteiger partial charge is 0.168 e. The zero-order valence-electron chi connectivity index (χ0n) is 8.44. The lowest BCUT2D eigenvalue weighted by molar-refractivity contribution is 0.111. The summed E-state index contributed by atoms with van der Waals surface area (Å²) in [6.07, 6.45) is 3.84. The minimum atomic E-state index is 0.227. The third-order valence-electron chi connectivity index (χ3n) is 2.21. The van der Waals surface area contributed by atoms with Crippen molar-refractivity contribution in [1.82, 2.24) is 14.4 Å². The molecule has 4 nitrogen and oxygen atoms in total. The van der Waals surface area contributed by atoms with Crippen molar-refractivity contribution in [3.63, 3.8) is 0 Å². The van der Waals surface area contributed by atoms with Crippen LogP contribution in [0.4, 0.5) is 0 Å². The highest BCUT2D eigenvalue weighted by Gasteiger charge is 2.13. The van der Waals surface area contributed by atoms with Crippen LogP contribution in [0, 0.1) is 0 Å². The molecule has 0 unspecified atom stereocenters. The van der Waals surface area contributed by atoms with Crippen LogP contribution in [0.1, 0.15) is 36.1 Å². The predicted octanol–water partition coefficient (Wildman–Crippen LogP) is 2.32. The highest BCUT2D eigenvalue weighted by molar-refractivity contribution is 6.32. The van der Waals surface area contributed by atoms with E-state index in [1.165, 1.54) is 6.20 Å². The van der Waals surface area contributed by atoms with Crippen LogP contribution in [0.3, 0.4) is 0 Å². The van der Waals surface area contributed by atoms with Crippen molar-refractivity contribution in [2.45, 2.75) is 19.8 Å². The van der Waals surface area contributed by atoms with Crippen LogP contribution in [0.15, 0.2) is 12.4 Å². The molecule has 0 aliphatic rings. The third-order valence-corrected chi connectivity index (χ3v) is 2.50. The average molecular weight is 224 g/mol. The van der Waals surface area contributed by atoms with E-state index >= 15 is 0 Å². The van der Waals surface area contributed by atoms with Gasteiger partial charge in [-0.15, -0.1) is 0 Å². The lowest BCUT2D eigenvalue weighted by atomic mass is 10.2. The fourth-order valence-electron chi connectivity index (χ4n) is 1.52. The number of fused-ring (bicyclic) bond motifs is 1. The van der Waals surface area contributed by atoms with Crippen LogP contribution in [-0.4, -0.2) is 20.7 Å².